The van der Waals surface area contributed by atoms with Gasteiger partial charge in [0.1, 0.15) is 0 Å². The number of aromatic amines is 1. The van der Waals surface area contributed by atoms with Gasteiger partial charge in [-0.1, -0.05) is 6.92 Å². The van der Waals surface area contributed by atoms with Crippen LogP contribution < -0.4 is 11.3 Å². The number of fused-ring (bicyclic) bond motifs is 3. The lowest BCUT2D eigenvalue weighted by atomic mass is 9.96. The average Bonchev–Trinajstić information content (AvgIpc) is 3.25. The van der Waals surface area contributed by atoms with E-state index in [0.717, 1.165) is 7.11 Å². The smallest absolute Gasteiger partial charge is 0.424 e. The van der Waals surface area contributed by atoms with E-state index in [2.05, 4.69) is 24.2 Å². The fourth-order valence-electron chi connectivity index (χ4n) is 3.50. The van der Waals surface area contributed by atoms with Crippen molar-refractivity contribution in [3.05, 3.63) is 16.7 Å². The Morgan fingerprint density at radius 3 is 3.12 bits per heavy atom. The molecule has 0 aliphatic carbocycles. The van der Waals surface area contributed by atoms with E-state index < -0.39 is 37.4 Å². The monoisotopic (exact) mass is 388 g/mol. The number of aromatic nitrogens is 4. The molecule has 2 aromatic heterocycles. The Bertz CT molecular complexity index is 960. The number of imidazole rings is 1. The Morgan fingerprint density at radius 2 is 2.42 bits per heavy atom. The maximum Gasteiger partial charge on any atom is 0.472 e. The first-order valence-corrected chi connectivity index (χ1v) is 9.43. The molecule has 12 nitrogen and oxygen atoms in total. The van der Waals surface area contributed by atoms with Gasteiger partial charge >= 0.3 is 7.82 Å². The summed E-state index contributed by atoms with van der Waals surface area (Å²) in [7, 11) is -3.14. The van der Waals surface area contributed by atoms with Crippen LogP contribution in [-0.4, -0.2) is 60.7 Å². The maximum absolute atomic E-state index is 12.0. The zero-order valence-electron chi connectivity index (χ0n) is 14.0. The molecule has 5 N–H and O–H groups in total. The second kappa shape index (κ2) is 5.84. The van der Waals surface area contributed by atoms with Gasteiger partial charge in [-0.3, -0.25) is 23.4 Å². The third-order valence-corrected chi connectivity index (χ3v) is 5.80. The highest BCUT2D eigenvalue weighted by Crippen LogP contribution is 2.54. The summed E-state index contributed by atoms with van der Waals surface area (Å²) in [5.41, 5.74) is 4.63. The number of phosphoric acid groups is 1. The first-order valence-electron chi connectivity index (χ1n) is 7.94. The lowest BCUT2D eigenvalue weighted by Crippen LogP contribution is -2.41. The van der Waals surface area contributed by atoms with Gasteiger partial charge in [-0.25, -0.2) is 9.55 Å². The second-order valence-electron chi connectivity index (χ2n) is 6.21. The Balaban J connectivity index is 1.76. The molecule has 2 aliphatic rings. The number of nitrogens with zero attached hydrogens (tertiary/aromatic N) is 3. The van der Waals surface area contributed by atoms with Gasteiger partial charge in [-0.05, 0) is 6.42 Å². The molecule has 0 spiro atoms. The van der Waals surface area contributed by atoms with Crippen LogP contribution in [-0.2, 0) is 18.3 Å². The number of hydrogen-bond acceptors (Lipinski definition) is 8. The van der Waals surface area contributed by atoms with Gasteiger partial charge in [-0.15, -0.1) is 0 Å². The Labute approximate surface area is 146 Å². The van der Waals surface area contributed by atoms with Crippen LogP contribution in [0.1, 0.15) is 19.6 Å². The first kappa shape index (κ1) is 17.6. The van der Waals surface area contributed by atoms with Crippen LogP contribution >= 0.6 is 7.82 Å². The summed E-state index contributed by atoms with van der Waals surface area (Å²) in [6.07, 6.45) is -0.178. The van der Waals surface area contributed by atoms with Crippen molar-refractivity contribution in [3.63, 3.8) is 0 Å². The molecular formula is C13H19N5O7P+. The Kier molecular flexibility index (Phi) is 3.95. The highest BCUT2D eigenvalue weighted by molar-refractivity contribution is 7.47. The molecule has 3 unspecified atom stereocenters. The van der Waals surface area contributed by atoms with Crippen molar-refractivity contribution in [1.29, 1.82) is 0 Å². The molecule has 2 aliphatic heterocycles. The van der Waals surface area contributed by atoms with E-state index >= 15 is 0 Å². The number of nitrogens with one attached hydrogen (secondary N) is 1. The van der Waals surface area contributed by atoms with Crippen LogP contribution in [0.4, 0.5) is 5.95 Å². The molecular weight excluding hydrogens is 369 g/mol. The van der Waals surface area contributed by atoms with E-state index in [4.69, 9.17) is 15.0 Å². The third-order valence-electron chi connectivity index (χ3n) is 4.85. The number of phosphoric ester groups is 1. The number of rotatable bonds is 5. The molecule has 2 fully saturated rings. The van der Waals surface area contributed by atoms with E-state index in [-0.39, 0.29) is 17.1 Å². The SMILES string of the molecule is CC[C@]12C[OH+]C(C1OP(=O)(O)OC)[C@H](n1cnc3c(=O)[nH]c(N)nc31)O2. The number of aliphatic hydroxyl groups is 2. The molecule has 26 heavy (non-hydrogen) atoms. The molecule has 0 radical (unpaired) electrons. The van der Waals surface area contributed by atoms with Crippen molar-refractivity contribution >= 4 is 24.9 Å². The number of anilines is 1. The number of ether oxygens (including phenoxy) is 2. The molecule has 142 valence electrons. The molecule has 2 saturated heterocycles. The summed E-state index contributed by atoms with van der Waals surface area (Å²) in [5, 5.41) is 0. The normalized spacial score (nSPS) is 33.0. The van der Waals surface area contributed by atoms with E-state index in [1.165, 1.54) is 10.9 Å². The number of nitrogens with two attached hydrogens (primary N) is 1. The van der Waals surface area contributed by atoms with Gasteiger partial charge in [0.2, 0.25) is 18.3 Å². The molecule has 2 aromatic rings. The molecule has 5 atom stereocenters. The molecule has 2 bridgehead atoms. The summed E-state index contributed by atoms with van der Waals surface area (Å²) in [6, 6.07) is 0. The van der Waals surface area contributed by atoms with Crippen LogP contribution in [0.3, 0.4) is 0 Å². The zero-order chi connectivity index (χ0) is 18.7. The predicted octanol–water partition coefficient (Wildman–Crippen LogP) is -0.578. The van der Waals surface area contributed by atoms with Gasteiger partial charge < -0.3 is 20.1 Å². The Hall–Kier alpha value is -1.82. The standard InChI is InChI=1S/C13H18N5O7P/c1-3-13-4-23-7(8(13)25-26(20,21)22-2)11(24-13)18-5-15-6-9(18)16-12(14)17-10(6)19/h5,7-8,11H,3-4H2,1-2H3,(H,20,21)(H3,14,16,17,19)/p+1/t7?,8?,11-,13+/m1/s1. The summed E-state index contributed by atoms with van der Waals surface area (Å²) in [4.78, 5) is 32.3. The van der Waals surface area contributed by atoms with Crippen molar-refractivity contribution < 1.29 is 28.0 Å². The van der Waals surface area contributed by atoms with Crippen molar-refractivity contribution in [1.82, 2.24) is 19.5 Å². The van der Waals surface area contributed by atoms with Crippen molar-refractivity contribution in [3.8, 4) is 0 Å². The minimum absolute atomic E-state index is 0.0541. The number of nitrogen functional groups attached to an aromatic ring is 1. The van der Waals surface area contributed by atoms with Crippen LogP contribution in [0.5, 0.6) is 0 Å². The van der Waals surface area contributed by atoms with Crippen LogP contribution in [0.15, 0.2) is 11.1 Å². The van der Waals surface area contributed by atoms with E-state index in [1.807, 2.05) is 6.92 Å². The van der Waals surface area contributed by atoms with Gasteiger partial charge in [0.25, 0.3) is 5.56 Å². The third kappa shape index (κ3) is 2.49. The average molecular weight is 388 g/mol. The molecule has 0 aromatic carbocycles. The fourth-order valence-corrected chi connectivity index (χ4v) is 4.19. The number of H-pyrrole nitrogens is 1. The molecule has 0 amide bonds. The minimum atomic E-state index is -4.24. The van der Waals surface area contributed by atoms with Gasteiger partial charge in [-0.2, -0.15) is 4.98 Å². The quantitative estimate of drug-likeness (QED) is 0.448. The van der Waals surface area contributed by atoms with Gasteiger partial charge in [0, 0.05) is 7.11 Å². The largest absolute Gasteiger partial charge is 0.472 e. The van der Waals surface area contributed by atoms with Crippen molar-refractivity contribution in [2.45, 2.75) is 37.4 Å². The summed E-state index contributed by atoms with van der Waals surface area (Å²) in [6.45, 7) is 2.19. The van der Waals surface area contributed by atoms with Gasteiger partial charge in [0.05, 0.1) is 6.33 Å². The predicted molar refractivity (Wildman–Crippen MR) is 88.3 cm³/mol. The topological polar surface area (TPSA) is 167 Å². The highest BCUT2D eigenvalue weighted by Gasteiger charge is 2.68. The zero-order valence-corrected chi connectivity index (χ0v) is 14.9. The molecule has 4 rings (SSSR count). The van der Waals surface area contributed by atoms with E-state index in [9.17, 15) is 14.3 Å². The summed E-state index contributed by atoms with van der Waals surface area (Å²) >= 11 is 0. The summed E-state index contributed by atoms with van der Waals surface area (Å²) < 4.78 is 34.0. The lowest BCUT2D eigenvalue weighted by Gasteiger charge is -2.27. The first-order chi connectivity index (χ1) is 12.3. The summed E-state index contributed by atoms with van der Waals surface area (Å²) in [5.74, 6) is -0.0541. The van der Waals surface area contributed by atoms with Crippen LogP contribution in [0, 0.1) is 0 Å². The second-order valence-corrected chi connectivity index (χ2v) is 7.72. The maximum atomic E-state index is 12.0. The van der Waals surface area contributed by atoms with Gasteiger partial charge in [0.15, 0.2) is 29.5 Å². The molecule has 4 heterocycles. The van der Waals surface area contributed by atoms with Crippen molar-refractivity contribution in [2.24, 2.45) is 0 Å². The van der Waals surface area contributed by atoms with E-state index in [1.54, 1.807) is 0 Å². The molecule has 0 saturated carbocycles. The number of hydrogen-bond donors (Lipinski definition) is 3. The molecule has 13 heteroatoms. The van der Waals surface area contributed by atoms with Crippen LogP contribution in [0.2, 0.25) is 0 Å². The minimum Gasteiger partial charge on any atom is -0.424 e. The lowest BCUT2D eigenvalue weighted by molar-refractivity contribution is -0.234. The van der Waals surface area contributed by atoms with Crippen molar-refractivity contribution in [2.75, 3.05) is 19.5 Å². The van der Waals surface area contributed by atoms with E-state index in [0.29, 0.717) is 13.0 Å². The van der Waals surface area contributed by atoms with Crippen LogP contribution in [0.25, 0.3) is 11.2 Å². The Morgan fingerprint density at radius 1 is 1.65 bits per heavy atom. The fraction of sp³-hybridized carbons (Fsp3) is 0.615. The highest BCUT2D eigenvalue weighted by atomic mass is 31.2.